The van der Waals surface area contributed by atoms with Crippen LogP contribution in [0.5, 0.6) is 0 Å². The number of rotatable bonds is 7. The molecule has 0 saturated carbocycles. The second kappa shape index (κ2) is 7.88. The fraction of sp³-hybridized carbons (Fsp3) is 0.533. The third-order valence-corrected chi connectivity index (χ3v) is 2.86. The number of aryl methyl sites for hydroxylation is 2. The summed E-state index contributed by atoms with van der Waals surface area (Å²) in [5, 5.41) is 3.36. The van der Waals surface area contributed by atoms with Gasteiger partial charge in [0.2, 0.25) is 0 Å². The molecule has 1 rings (SSSR count). The Balaban J connectivity index is 2.21. The van der Waals surface area contributed by atoms with Crippen LogP contribution in [0.25, 0.3) is 0 Å². The molecule has 0 aromatic heterocycles. The predicted octanol–water partition coefficient (Wildman–Crippen LogP) is 2.74. The van der Waals surface area contributed by atoms with E-state index in [0.29, 0.717) is 13.0 Å². The lowest BCUT2D eigenvalue weighted by molar-refractivity contribution is -0.143. The van der Waals surface area contributed by atoms with Gasteiger partial charge < -0.3 is 10.1 Å². The summed E-state index contributed by atoms with van der Waals surface area (Å²) in [6, 6.07) is 6.47. The van der Waals surface area contributed by atoms with E-state index in [9.17, 15) is 4.79 Å². The van der Waals surface area contributed by atoms with Crippen LogP contribution < -0.4 is 5.32 Å². The zero-order chi connectivity index (χ0) is 13.4. The van der Waals surface area contributed by atoms with Crippen molar-refractivity contribution >= 4 is 5.97 Å². The van der Waals surface area contributed by atoms with E-state index in [1.807, 2.05) is 6.92 Å². The minimum atomic E-state index is -0.106. The molecule has 0 amide bonds. The molecular formula is C15H23NO2. The number of nitrogens with one attached hydrogen (secondary N) is 1. The maximum absolute atomic E-state index is 11.1. The fourth-order valence-electron chi connectivity index (χ4n) is 1.80. The van der Waals surface area contributed by atoms with Crippen molar-refractivity contribution in [3.8, 4) is 0 Å². The van der Waals surface area contributed by atoms with E-state index in [2.05, 4.69) is 37.4 Å². The maximum atomic E-state index is 11.1. The zero-order valence-corrected chi connectivity index (χ0v) is 11.6. The SMILES string of the molecule is CCOC(=O)CCCNCc1cc(C)ccc1C. The van der Waals surface area contributed by atoms with Crippen molar-refractivity contribution in [3.05, 3.63) is 34.9 Å². The molecule has 0 spiro atoms. The molecule has 0 saturated heterocycles. The number of ether oxygens (including phenoxy) is 1. The van der Waals surface area contributed by atoms with Gasteiger partial charge in [-0.15, -0.1) is 0 Å². The molecule has 100 valence electrons. The normalized spacial score (nSPS) is 10.4. The average Bonchev–Trinajstić information content (AvgIpc) is 2.33. The van der Waals surface area contributed by atoms with Gasteiger partial charge in [0.1, 0.15) is 0 Å². The van der Waals surface area contributed by atoms with E-state index in [0.717, 1.165) is 19.5 Å². The third kappa shape index (κ3) is 5.32. The van der Waals surface area contributed by atoms with Crippen molar-refractivity contribution in [2.24, 2.45) is 0 Å². The van der Waals surface area contributed by atoms with Gasteiger partial charge in [0.25, 0.3) is 0 Å². The Morgan fingerprint density at radius 1 is 1.33 bits per heavy atom. The number of benzene rings is 1. The largest absolute Gasteiger partial charge is 0.466 e. The lowest BCUT2D eigenvalue weighted by atomic mass is 10.1. The van der Waals surface area contributed by atoms with Gasteiger partial charge in [-0.3, -0.25) is 4.79 Å². The molecule has 0 bridgehead atoms. The molecule has 18 heavy (non-hydrogen) atoms. The van der Waals surface area contributed by atoms with Gasteiger partial charge in [-0.1, -0.05) is 23.8 Å². The molecule has 1 aromatic carbocycles. The molecule has 0 unspecified atom stereocenters. The van der Waals surface area contributed by atoms with Gasteiger partial charge in [-0.2, -0.15) is 0 Å². The van der Waals surface area contributed by atoms with Crippen LogP contribution in [-0.2, 0) is 16.1 Å². The molecule has 0 heterocycles. The number of carbonyl (C=O) groups is 1. The van der Waals surface area contributed by atoms with E-state index in [1.165, 1.54) is 16.7 Å². The second-order valence-corrected chi connectivity index (χ2v) is 4.52. The summed E-state index contributed by atoms with van der Waals surface area (Å²) in [5.41, 5.74) is 3.91. The van der Waals surface area contributed by atoms with Crippen LogP contribution in [0.15, 0.2) is 18.2 Å². The predicted molar refractivity (Wildman–Crippen MR) is 73.5 cm³/mol. The highest BCUT2D eigenvalue weighted by Crippen LogP contribution is 2.10. The Morgan fingerprint density at radius 2 is 2.11 bits per heavy atom. The van der Waals surface area contributed by atoms with Crippen LogP contribution in [0, 0.1) is 13.8 Å². The van der Waals surface area contributed by atoms with Gasteiger partial charge in [0.05, 0.1) is 6.61 Å². The van der Waals surface area contributed by atoms with Crippen LogP contribution in [-0.4, -0.2) is 19.1 Å². The number of esters is 1. The quantitative estimate of drug-likeness (QED) is 0.596. The Labute approximate surface area is 110 Å². The van der Waals surface area contributed by atoms with E-state index in [4.69, 9.17) is 4.74 Å². The van der Waals surface area contributed by atoms with Crippen molar-refractivity contribution in [3.63, 3.8) is 0 Å². The van der Waals surface area contributed by atoms with Crippen LogP contribution in [0.3, 0.4) is 0 Å². The van der Waals surface area contributed by atoms with Gasteiger partial charge in [-0.05, 0) is 44.9 Å². The van der Waals surface area contributed by atoms with Gasteiger partial charge >= 0.3 is 5.97 Å². The molecule has 3 nitrogen and oxygen atoms in total. The van der Waals surface area contributed by atoms with E-state index in [-0.39, 0.29) is 5.97 Å². The second-order valence-electron chi connectivity index (χ2n) is 4.52. The highest BCUT2D eigenvalue weighted by atomic mass is 16.5. The number of carbonyl (C=O) groups excluding carboxylic acids is 1. The highest BCUT2D eigenvalue weighted by Gasteiger charge is 2.01. The summed E-state index contributed by atoms with van der Waals surface area (Å²) in [4.78, 5) is 11.1. The molecule has 0 fully saturated rings. The Morgan fingerprint density at radius 3 is 2.83 bits per heavy atom. The van der Waals surface area contributed by atoms with Crippen molar-refractivity contribution in [1.29, 1.82) is 0 Å². The molecule has 0 radical (unpaired) electrons. The van der Waals surface area contributed by atoms with Crippen molar-refractivity contribution < 1.29 is 9.53 Å². The average molecular weight is 249 g/mol. The smallest absolute Gasteiger partial charge is 0.305 e. The summed E-state index contributed by atoms with van der Waals surface area (Å²) < 4.78 is 4.87. The summed E-state index contributed by atoms with van der Waals surface area (Å²) >= 11 is 0. The van der Waals surface area contributed by atoms with Crippen LogP contribution in [0.4, 0.5) is 0 Å². The highest BCUT2D eigenvalue weighted by molar-refractivity contribution is 5.69. The summed E-state index contributed by atoms with van der Waals surface area (Å²) in [6.07, 6.45) is 1.32. The fourth-order valence-corrected chi connectivity index (χ4v) is 1.80. The first-order valence-electron chi connectivity index (χ1n) is 6.56. The first-order chi connectivity index (χ1) is 8.63. The van der Waals surface area contributed by atoms with Gasteiger partial charge in [0, 0.05) is 13.0 Å². The number of hydrogen-bond acceptors (Lipinski definition) is 3. The molecule has 1 aromatic rings. The summed E-state index contributed by atoms with van der Waals surface area (Å²) in [7, 11) is 0. The maximum Gasteiger partial charge on any atom is 0.305 e. The van der Waals surface area contributed by atoms with E-state index >= 15 is 0 Å². The molecule has 0 aliphatic carbocycles. The van der Waals surface area contributed by atoms with Gasteiger partial charge in [-0.25, -0.2) is 0 Å². The summed E-state index contributed by atoms with van der Waals surface area (Å²) in [5.74, 6) is -0.106. The molecule has 3 heteroatoms. The molecule has 0 aliphatic heterocycles. The third-order valence-electron chi connectivity index (χ3n) is 2.86. The van der Waals surface area contributed by atoms with Crippen molar-refractivity contribution in [2.75, 3.05) is 13.2 Å². The van der Waals surface area contributed by atoms with E-state index in [1.54, 1.807) is 0 Å². The Bertz CT molecular complexity index is 388. The summed E-state index contributed by atoms with van der Waals surface area (Å²) in [6.45, 7) is 8.21. The zero-order valence-electron chi connectivity index (χ0n) is 11.6. The molecule has 0 aliphatic rings. The van der Waals surface area contributed by atoms with E-state index < -0.39 is 0 Å². The Kier molecular flexibility index (Phi) is 6.44. The standard InChI is InChI=1S/C15H23NO2/c1-4-18-15(17)6-5-9-16-11-14-10-12(2)7-8-13(14)3/h7-8,10,16H,4-6,9,11H2,1-3H3. The molecular weight excluding hydrogens is 226 g/mol. The minimum Gasteiger partial charge on any atom is -0.466 e. The van der Waals surface area contributed by atoms with Crippen molar-refractivity contribution in [2.45, 2.75) is 40.2 Å². The van der Waals surface area contributed by atoms with Crippen LogP contribution in [0.2, 0.25) is 0 Å². The molecule has 0 atom stereocenters. The topological polar surface area (TPSA) is 38.3 Å². The number of hydrogen-bond donors (Lipinski definition) is 1. The lowest BCUT2D eigenvalue weighted by Crippen LogP contribution is -2.17. The monoisotopic (exact) mass is 249 g/mol. The van der Waals surface area contributed by atoms with Gasteiger partial charge in [0.15, 0.2) is 0 Å². The first-order valence-corrected chi connectivity index (χ1v) is 6.56. The lowest BCUT2D eigenvalue weighted by Gasteiger charge is -2.08. The minimum absolute atomic E-state index is 0.106. The van der Waals surface area contributed by atoms with Crippen LogP contribution >= 0.6 is 0 Å². The first kappa shape index (κ1) is 14.7. The Hall–Kier alpha value is -1.35. The van der Waals surface area contributed by atoms with Crippen molar-refractivity contribution in [1.82, 2.24) is 5.32 Å². The molecule has 1 N–H and O–H groups in total. The van der Waals surface area contributed by atoms with Crippen LogP contribution in [0.1, 0.15) is 36.5 Å².